The summed E-state index contributed by atoms with van der Waals surface area (Å²) < 4.78 is 0.635. The zero-order chi connectivity index (χ0) is 14.5. The van der Waals surface area contributed by atoms with Crippen molar-refractivity contribution in [1.82, 2.24) is 4.73 Å². The molecule has 0 fully saturated rings. The molecule has 0 spiro atoms. The van der Waals surface area contributed by atoms with E-state index in [2.05, 4.69) is 0 Å². The third-order valence-corrected chi connectivity index (χ3v) is 3.27. The van der Waals surface area contributed by atoms with E-state index in [1.807, 2.05) is 12.2 Å². The molecule has 1 unspecified atom stereocenters. The molecule has 0 saturated heterocycles. The molecule has 0 bridgehead atoms. The van der Waals surface area contributed by atoms with Crippen LogP contribution >= 0.6 is 0 Å². The van der Waals surface area contributed by atoms with Crippen molar-refractivity contribution in [2.45, 2.75) is 32.1 Å². The lowest BCUT2D eigenvalue weighted by molar-refractivity contribution is -0.148. The highest BCUT2D eigenvalue weighted by Gasteiger charge is 2.23. The molecule has 0 saturated carbocycles. The zero-order valence-corrected chi connectivity index (χ0v) is 11.0. The van der Waals surface area contributed by atoms with Gasteiger partial charge in [0.1, 0.15) is 5.78 Å². The van der Waals surface area contributed by atoms with E-state index in [-0.39, 0.29) is 29.9 Å². The number of ketones is 1. The van der Waals surface area contributed by atoms with Gasteiger partial charge < -0.3 is 15.1 Å². The van der Waals surface area contributed by atoms with Crippen LogP contribution in [0.4, 0.5) is 0 Å². The Morgan fingerprint density at radius 1 is 1.25 bits per heavy atom. The lowest BCUT2D eigenvalue weighted by Gasteiger charge is -2.15. The third kappa shape index (κ3) is 3.40. The van der Waals surface area contributed by atoms with Crippen molar-refractivity contribution in [3.8, 4) is 11.8 Å². The van der Waals surface area contributed by atoms with Gasteiger partial charge in [0, 0.05) is 24.5 Å². The Bertz CT molecular complexity index is 512. The van der Waals surface area contributed by atoms with Crippen LogP contribution in [0.2, 0.25) is 0 Å². The number of carbonyl (C=O) groups is 2. The molecule has 0 aliphatic heterocycles. The van der Waals surface area contributed by atoms with Crippen LogP contribution in [0.1, 0.15) is 32.1 Å². The van der Waals surface area contributed by atoms with E-state index in [0.29, 0.717) is 24.0 Å². The van der Waals surface area contributed by atoms with Crippen molar-refractivity contribution in [3.63, 3.8) is 0 Å². The minimum absolute atomic E-state index is 0.0484. The zero-order valence-electron chi connectivity index (χ0n) is 11.0. The molecular weight excluding hydrogens is 262 g/mol. The molecule has 1 heterocycles. The minimum Gasteiger partial charge on any atom is -0.492 e. The van der Waals surface area contributed by atoms with Crippen LogP contribution < -0.4 is 4.84 Å². The summed E-state index contributed by atoms with van der Waals surface area (Å²) in [5.74, 6) is -1.72. The van der Waals surface area contributed by atoms with Crippen molar-refractivity contribution >= 4 is 11.8 Å². The molecule has 2 N–H and O–H groups in total. The predicted molar refractivity (Wildman–Crippen MR) is 70.1 cm³/mol. The van der Waals surface area contributed by atoms with Crippen LogP contribution in [0.15, 0.2) is 24.3 Å². The molecule has 1 atom stereocenters. The summed E-state index contributed by atoms with van der Waals surface area (Å²) in [4.78, 5) is 28.5. The molecule has 1 aliphatic carbocycles. The molecule has 2 rings (SSSR count). The van der Waals surface area contributed by atoms with E-state index in [9.17, 15) is 19.8 Å². The fraction of sp³-hybridized carbons (Fsp3) is 0.429. The van der Waals surface area contributed by atoms with Gasteiger partial charge in [-0.1, -0.05) is 12.2 Å². The Hall–Kier alpha value is -2.24. The van der Waals surface area contributed by atoms with Crippen LogP contribution in [-0.4, -0.2) is 26.7 Å². The minimum atomic E-state index is -0.658. The number of nitrogens with zero attached hydrogens (tertiary/aromatic N) is 1. The second kappa shape index (κ2) is 6.27. The summed E-state index contributed by atoms with van der Waals surface area (Å²) in [5.41, 5.74) is 0. The first-order chi connectivity index (χ1) is 9.58. The summed E-state index contributed by atoms with van der Waals surface area (Å²) in [6.45, 7) is 0. The largest absolute Gasteiger partial charge is 0.492 e. The van der Waals surface area contributed by atoms with Crippen molar-refractivity contribution < 1.29 is 24.6 Å². The van der Waals surface area contributed by atoms with E-state index in [4.69, 9.17) is 4.84 Å². The average Bonchev–Trinajstić information content (AvgIpc) is 2.70. The quantitative estimate of drug-likeness (QED) is 0.820. The van der Waals surface area contributed by atoms with Gasteiger partial charge in [0.25, 0.3) is 0 Å². The molecule has 6 nitrogen and oxygen atoms in total. The maximum Gasteiger partial charge on any atom is 0.333 e. The summed E-state index contributed by atoms with van der Waals surface area (Å²) in [7, 11) is 0. The molecule has 108 valence electrons. The van der Waals surface area contributed by atoms with Crippen molar-refractivity contribution in [1.29, 1.82) is 0 Å². The van der Waals surface area contributed by atoms with Crippen LogP contribution in [0.25, 0.3) is 0 Å². The highest BCUT2D eigenvalue weighted by molar-refractivity contribution is 5.85. The van der Waals surface area contributed by atoms with Crippen molar-refractivity contribution in [3.05, 3.63) is 24.3 Å². The number of aromatic nitrogens is 1. The lowest BCUT2D eigenvalue weighted by atomic mass is 9.90. The normalized spacial score (nSPS) is 19.4. The SMILES string of the molecule is O=C(CC1CCC=CCCC1=O)On1c(O)ccc1O. The second-order valence-corrected chi connectivity index (χ2v) is 4.76. The summed E-state index contributed by atoms with van der Waals surface area (Å²) >= 11 is 0. The van der Waals surface area contributed by atoms with E-state index in [1.54, 1.807) is 0 Å². The molecule has 1 aromatic rings. The fourth-order valence-corrected chi connectivity index (χ4v) is 2.18. The van der Waals surface area contributed by atoms with Gasteiger partial charge in [-0.25, -0.2) is 4.79 Å². The molecule has 20 heavy (non-hydrogen) atoms. The van der Waals surface area contributed by atoms with Crippen molar-refractivity contribution in [2.24, 2.45) is 5.92 Å². The predicted octanol–water partition coefficient (Wildman–Crippen LogP) is 1.56. The van der Waals surface area contributed by atoms with Gasteiger partial charge in [0.2, 0.25) is 11.8 Å². The molecule has 6 heteroatoms. The molecule has 1 aliphatic rings. The number of carbonyl (C=O) groups excluding carboxylic acids is 2. The Balaban J connectivity index is 1.96. The number of hydrogen-bond donors (Lipinski definition) is 2. The first kappa shape index (κ1) is 14.2. The number of allylic oxidation sites excluding steroid dienone is 2. The van der Waals surface area contributed by atoms with Gasteiger partial charge in [-0.3, -0.25) is 4.79 Å². The van der Waals surface area contributed by atoms with E-state index < -0.39 is 5.97 Å². The van der Waals surface area contributed by atoms with Crippen molar-refractivity contribution in [2.75, 3.05) is 0 Å². The molecule has 0 aromatic carbocycles. The number of Topliss-reactive ketones (excluding diaryl/α,β-unsaturated/α-hetero) is 1. The van der Waals surface area contributed by atoms with E-state index in [0.717, 1.165) is 6.42 Å². The molecule has 0 radical (unpaired) electrons. The van der Waals surface area contributed by atoms with Gasteiger partial charge in [0.15, 0.2) is 0 Å². The smallest absolute Gasteiger partial charge is 0.333 e. The summed E-state index contributed by atoms with van der Waals surface area (Å²) in [5, 5.41) is 18.7. The highest BCUT2D eigenvalue weighted by atomic mass is 16.7. The number of rotatable bonds is 3. The summed E-state index contributed by atoms with van der Waals surface area (Å²) in [6.07, 6.45) is 6.41. The van der Waals surface area contributed by atoms with E-state index >= 15 is 0 Å². The number of aromatic hydroxyl groups is 2. The first-order valence-electron chi connectivity index (χ1n) is 6.56. The van der Waals surface area contributed by atoms with Crippen LogP contribution in [0, 0.1) is 5.92 Å². The van der Waals surface area contributed by atoms with Gasteiger partial charge >= 0.3 is 5.97 Å². The first-order valence-corrected chi connectivity index (χ1v) is 6.56. The second-order valence-electron chi connectivity index (χ2n) is 4.76. The Labute approximate surface area is 116 Å². The number of hydrogen-bond acceptors (Lipinski definition) is 5. The molecule has 0 amide bonds. The fourth-order valence-electron chi connectivity index (χ4n) is 2.18. The maximum atomic E-state index is 11.9. The lowest BCUT2D eigenvalue weighted by Crippen LogP contribution is -2.25. The Morgan fingerprint density at radius 3 is 2.60 bits per heavy atom. The Kier molecular flexibility index (Phi) is 4.45. The maximum absolute atomic E-state index is 11.9. The molecule has 1 aromatic heterocycles. The topological polar surface area (TPSA) is 88.8 Å². The Morgan fingerprint density at radius 2 is 1.90 bits per heavy atom. The van der Waals surface area contributed by atoms with Gasteiger partial charge in [-0.2, -0.15) is 0 Å². The monoisotopic (exact) mass is 279 g/mol. The standard InChI is InChI=1S/C14H17NO5/c16-11-6-4-2-1-3-5-10(11)9-14(19)20-15-12(17)7-8-13(15)18/h1-2,7-8,10,17-18H,3-6,9H2. The highest BCUT2D eigenvalue weighted by Crippen LogP contribution is 2.21. The van der Waals surface area contributed by atoms with Gasteiger partial charge in [0.05, 0.1) is 6.42 Å². The molecular formula is C14H17NO5. The van der Waals surface area contributed by atoms with Gasteiger partial charge in [-0.05, 0) is 19.3 Å². The van der Waals surface area contributed by atoms with Crippen LogP contribution in [-0.2, 0) is 9.59 Å². The van der Waals surface area contributed by atoms with Crippen LogP contribution in [0.3, 0.4) is 0 Å². The van der Waals surface area contributed by atoms with E-state index in [1.165, 1.54) is 12.1 Å². The third-order valence-electron chi connectivity index (χ3n) is 3.27. The average molecular weight is 279 g/mol. The van der Waals surface area contributed by atoms with Crippen LogP contribution in [0.5, 0.6) is 11.8 Å². The summed E-state index contributed by atoms with van der Waals surface area (Å²) in [6, 6.07) is 2.41. The van der Waals surface area contributed by atoms with Gasteiger partial charge in [-0.15, -0.1) is 4.73 Å².